The standard InChI is InChI=1S/C28H37F2N5O/c1-20-27(30)26(19-34-14-12-33(4)13-15-34)35(32-20)28(2,3)10-7-24-17-22(8-11-31-24)25-18-23(29)6-5-21(25)9-16-36/h5-6,8,11,17-18,36H,7,9-10,12-16,19H2,1-4H3. The van der Waals surface area contributed by atoms with Crippen molar-refractivity contribution >= 4 is 0 Å². The van der Waals surface area contributed by atoms with E-state index in [1.165, 1.54) is 12.1 Å². The van der Waals surface area contributed by atoms with Gasteiger partial charge in [0.05, 0.1) is 16.9 Å². The van der Waals surface area contributed by atoms with Crippen LogP contribution >= 0.6 is 0 Å². The van der Waals surface area contributed by atoms with E-state index in [4.69, 9.17) is 0 Å². The first-order valence-electron chi connectivity index (χ1n) is 12.7. The summed E-state index contributed by atoms with van der Waals surface area (Å²) in [7, 11) is 2.11. The Bertz CT molecular complexity index is 1180. The molecule has 36 heavy (non-hydrogen) atoms. The minimum Gasteiger partial charge on any atom is -0.396 e. The monoisotopic (exact) mass is 497 g/mol. The molecule has 0 unspecified atom stereocenters. The second-order valence-electron chi connectivity index (χ2n) is 10.5. The van der Waals surface area contributed by atoms with Crippen LogP contribution in [0.2, 0.25) is 0 Å². The second-order valence-corrected chi connectivity index (χ2v) is 10.5. The number of hydrogen-bond acceptors (Lipinski definition) is 5. The molecular formula is C28H37F2N5O. The third kappa shape index (κ3) is 5.99. The van der Waals surface area contributed by atoms with Gasteiger partial charge in [0.15, 0.2) is 5.82 Å². The number of aliphatic hydroxyl groups is 1. The first-order valence-corrected chi connectivity index (χ1v) is 12.7. The Hall–Kier alpha value is -2.68. The third-order valence-electron chi connectivity index (χ3n) is 7.19. The molecule has 1 aromatic carbocycles. The largest absolute Gasteiger partial charge is 0.396 e. The molecule has 1 fully saturated rings. The Morgan fingerprint density at radius 3 is 2.50 bits per heavy atom. The highest BCUT2D eigenvalue weighted by Gasteiger charge is 2.29. The molecule has 4 rings (SSSR count). The van der Waals surface area contributed by atoms with E-state index in [-0.39, 0.29) is 18.2 Å². The smallest absolute Gasteiger partial charge is 0.168 e. The highest BCUT2D eigenvalue weighted by molar-refractivity contribution is 5.67. The summed E-state index contributed by atoms with van der Waals surface area (Å²) in [5.74, 6) is -0.528. The maximum Gasteiger partial charge on any atom is 0.168 e. The second kappa shape index (κ2) is 11.2. The molecule has 0 saturated carbocycles. The Morgan fingerprint density at radius 2 is 1.78 bits per heavy atom. The number of benzene rings is 1. The summed E-state index contributed by atoms with van der Waals surface area (Å²) in [6, 6.07) is 8.50. The number of aromatic nitrogens is 3. The summed E-state index contributed by atoms with van der Waals surface area (Å²) < 4.78 is 31.0. The molecule has 0 aliphatic carbocycles. The number of piperazine rings is 1. The van der Waals surface area contributed by atoms with Gasteiger partial charge < -0.3 is 10.0 Å². The zero-order chi connectivity index (χ0) is 25.9. The first-order chi connectivity index (χ1) is 17.2. The molecule has 1 saturated heterocycles. The van der Waals surface area contributed by atoms with Crippen molar-refractivity contribution in [3.8, 4) is 11.1 Å². The number of aliphatic hydroxyl groups excluding tert-OH is 1. The fourth-order valence-corrected chi connectivity index (χ4v) is 4.89. The van der Waals surface area contributed by atoms with Gasteiger partial charge in [0.25, 0.3) is 0 Å². The van der Waals surface area contributed by atoms with E-state index in [1.54, 1.807) is 19.2 Å². The highest BCUT2D eigenvalue weighted by atomic mass is 19.1. The summed E-state index contributed by atoms with van der Waals surface area (Å²) in [6.07, 6.45) is 3.58. The summed E-state index contributed by atoms with van der Waals surface area (Å²) >= 11 is 0. The molecule has 6 nitrogen and oxygen atoms in total. The molecule has 0 spiro atoms. The van der Waals surface area contributed by atoms with E-state index >= 15 is 4.39 Å². The molecule has 0 atom stereocenters. The van der Waals surface area contributed by atoms with Crippen molar-refractivity contribution in [3.63, 3.8) is 0 Å². The van der Waals surface area contributed by atoms with Crippen LogP contribution in [0.3, 0.4) is 0 Å². The summed E-state index contributed by atoms with van der Waals surface area (Å²) in [5.41, 5.74) is 4.06. The lowest BCUT2D eigenvalue weighted by Gasteiger charge is -2.34. The van der Waals surface area contributed by atoms with Crippen LogP contribution in [-0.4, -0.2) is 69.5 Å². The van der Waals surface area contributed by atoms with Crippen molar-refractivity contribution in [2.75, 3.05) is 39.8 Å². The van der Waals surface area contributed by atoms with Crippen LogP contribution in [0, 0.1) is 18.6 Å². The van der Waals surface area contributed by atoms with Crippen molar-refractivity contribution in [1.29, 1.82) is 0 Å². The van der Waals surface area contributed by atoms with Crippen molar-refractivity contribution < 1.29 is 13.9 Å². The van der Waals surface area contributed by atoms with Gasteiger partial charge in [-0.3, -0.25) is 14.6 Å². The lowest BCUT2D eigenvalue weighted by atomic mass is 9.94. The normalized spacial score (nSPS) is 15.5. The Labute approximate surface area is 212 Å². The molecule has 1 aliphatic heterocycles. The lowest BCUT2D eigenvalue weighted by molar-refractivity contribution is 0.139. The fourth-order valence-electron chi connectivity index (χ4n) is 4.89. The van der Waals surface area contributed by atoms with E-state index < -0.39 is 5.54 Å². The summed E-state index contributed by atoms with van der Waals surface area (Å²) in [6.45, 7) is 10.2. The van der Waals surface area contributed by atoms with Crippen LogP contribution in [0.4, 0.5) is 8.78 Å². The molecule has 0 bridgehead atoms. The number of rotatable bonds is 9. The zero-order valence-electron chi connectivity index (χ0n) is 21.8. The van der Waals surface area contributed by atoms with Gasteiger partial charge >= 0.3 is 0 Å². The Balaban J connectivity index is 1.52. The summed E-state index contributed by atoms with van der Waals surface area (Å²) in [4.78, 5) is 9.13. The number of pyridine rings is 1. The van der Waals surface area contributed by atoms with E-state index in [0.29, 0.717) is 37.2 Å². The van der Waals surface area contributed by atoms with Gasteiger partial charge in [0.2, 0.25) is 0 Å². The van der Waals surface area contributed by atoms with E-state index in [2.05, 4.69) is 40.8 Å². The van der Waals surface area contributed by atoms with Crippen LogP contribution in [0.1, 0.15) is 42.9 Å². The Morgan fingerprint density at radius 1 is 1.03 bits per heavy atom. The average Bonchev–Trinajstić information content (AvgIpc) is 3.15. The van der Waals surface area contributed by atoms with Crippen molar-refractivity contribution in [2.45, 2.75) is 52.1 Å². The topological polar surface area (TPSA) is 57.4 Å². The first kappa shape index (κ1) is 26.4. The van der Waals surface area contributed by atoms with Crippen molar-refractivity contribution in [1.82, 2.24) is 24.6 Å². The van der Waals surface area contributed by atoms with Gasteiger partial charge in [0, 0.05) is 51.2 Å². The molecular weight excluding hydrogens is 460 g/mol. The van der Waals surface area contributed by atoms with Crippen LogP contribution in [0.15, 0.2) is 36.5 Å². The number of nitrogens with zero attached hydrogens (tertiary/aromatic N) is 5. The average molecular weight is 498 g/mol. The number of hydrogen-bond donors (Lipinski definition) is 1. The maximum atomic E-state index is 15.1. The predicted octanol–water partition coefficient (Wildman–Crippen LogP) is 4.18. The molecule has 1 N–H and O–H groups in total. The van der Waals surface area contributed by atoms with Gasteiger partial charge in [-0.15, -0.1) is 0 Å². The van der Waals surface area contributed by atoms with Crippen molar-refractivity contribution in [3.05, 3.63) is 70.8 Å². The molecule has 0 amide bonds. The minimum absolute atomic E-state index is 0.00106. The minimum atomic E-state index is -0.421. The lowest BCUT2D eigenvalue weighted by Crippen LogP contribution is -2.44. The quantitative estimate of drug-likeness (QED) is 0.481. The summed E-state index contributed by atoms with van der Waals surface area (Å²) in [5, 5.41) is 14.0. The molecule has 3 aromatic rings. The molecule has 3 heterocycles. The highest BCUT2D eigenvalue weighted by Crippen LogP contribution is 2.29. The molecule has 8 heteroatoms. The van der Waals surface area contributed by atoms with Crippen LogP contribution in [0.25, 0.3) is 11.1 Å². The van der Waals surface area contributed by atoms with E-state index in [1.807, 2.05) is 16.8 Å². The van der Waals surface area contributed by atoms with Gasteiger partial charge in [-0.05, 0) is 88.0 Å². The zero-order valence-corrected chi connectivity index (χ0v) is 21.8. The maximum absolute atomic E-state index is 15.1. The molecule has 2 aromatic heterocycles. The SMILES string of the molecule is Cc1nn(C(C)(C)CCc2cc(-c3cc(F)ccc3CCO)ccn2)c(CN2CCN(C)CC2)c1F. The molecule has 194 valence electrons. The Kier molecular flexibility index (Phi) is 8.17. The van der Waals surface area contributed by atoms with Crippen LogP contribution < -0.4 is 0 Å². The fraction of sp³-hybridized carbons (Fsp3) is 0.500. The van der Waals surface area contributed by atoms with Gasteiger partial charge in [-0.25, -0.2) is 8.78 Å². The number of halogens is 2. The number of aryl methyl sites for hydroxylation is 2. The van der Waals surface area contributed by atoms with E-state index in [0.717, 1.165) is 48.6 Å². The van der Waals surface area contributed by atoms with Crippen molar-refractivity contribution in [2.24, 2.45) is 0 Å². The van der Waals surface area contributed by atoms with E-state index in [9.17, 15) is 9.50 Å². The molecule has 0 radical (unpaired) electrons. The third-order valence-corrected chi connectivity index (χ3v) is 7.19. The molecule has 1 aliphatic rings. The van der Waals surface area contributed by atoms with Crippen LogP contribution in [-0.2, 0) is 24.9 Å². The van der Waals surface area contributed by atoms with Gasteiger partial charge in [-0.1, -0.05) is 6.07 Å². The number of likely N-dealkylation sites (N-methyl/N-ethyl adjacent to an activating group) is 1. The van der Waals surface area contributed by atoms with Crippen LogP contribution in [0.5, 0.6) is 0 Å². The van der Waals surface area contributed by atoms with Gasteiger partial charge in [-0.2, -0.15) is 5.10 Å². The predicted molar refractivity (Wildman–Crippen MR) is 138 cm³/mol. The van der Waals surface area contributed by atoms with Gasteiger partial charge in [0.1, 0.15) is 5.82 Å².